The minimum absolute atomic E-state index is 0.138. The van der Waals surface area contributed by atoms with Crippen LogP contribution in [0.4, 0.5) is 5.69 Å². The maximum atomic E-state index is 12.6. The van der Waals surface area contributed by atoms with Gasteiger partial charge in [0.1, 0.15) is 11.8 Å². The Kier molecular flexibility index (Phi) is 8.29. The number of sulfonamides is 1. The van der Waals surface area contributed by atoms with Crippen LogP contribution in [-0.2, 0) is 21.2 Å². The number of ether oxygens (including phenoxy) is 1. The standard InChI is InChI=1S/C23H32N2O4S/c1-17(2)29-22-14-10-20(11-15-22)7-6-16-24-23(26)19(4)25(30(5,27)28)21-12-8-18(3)9-13-21/h8-15,17,19H,6-7,16H2,1-5H3,(H,24,26)/t19-/m1/s1. The van der Waals surface area contributed by atoms with Gasteiger partial charge >= 0.3 is 0 Å². The zero-order valence-corrected chi connectivity index (χ0v) is 19.2. The topological polar surface area (TPSA) is 75.7 Å². The van der Waals surface area contributed by atoms with Gasteiger partial charge in [-0.1, -0.05) is 29.8 Å². The predicted octanol–water partition coefficient (Wildman–Crippen LogP) is 3.69. The molecule has 0 fully saturated rings. The van der Waals surface area contributed by atoms with Gasteiger partial charge in [0.15, 0.2) is 0 Å². The van der Waals surface area contributed by atoms with Gasteiger partial charge in [0.05, 0.1) is 18.0 Å². The molecule has 2 rings (SSSR count). The van der Waals surface area contributed by atoms with Crippen molar-refractivity contribution in [2.75, 3.05) is 17.1 Å². The van der Waals surface area contributed by atoms with E-state index in [9.17, 15) is 13.2 Å². The lowest BCUT2D eigenvalue weighted by molar-refractivity contribution is -0.121. The summed E-state index contributed by atoms with van der Waals surface area (Å²) in [5.41, 5.74) is 2.66. The number of nitrogens with zero attached hydrogens (tertiary/aromatic N) is 1. The van der Waals surface area contributed by atoms with Crippen LogP contribution in [0.25, 0.3) is 0 Å². The zero-order chi connectivity index (χ0) is 22.3. The quantitative estimate of drug-likeness (QED) is 0.581. The van der Waals surface area contributed by atoms with E-state index in [-0.39, 0.29) is 12.0 Å². The Labute approximate surface area is 180 Å². The fraction of sp³-hybridized carbons (Fsp3) is 0.435. The summed E-state index contributed by atoms with van der Waals surface area (Å²) in [5.74, 6) is 0.523. The third-order valence-corrected chi connectivity index (χ3v) is 5.86. The molecule has 0 aliphatic heterocycles. The van der Waals surface area contributed by atoms with Crippen LogP contribution in [0.3, 0.4) is 0 Å². The van der Waals surface area contributed by atoms with Crippen LogP contribution >= 0.6 is 0 Å². The van der Waals surface area contributed by atoms with Gasteiger partial charge in [-0.25, -0.2) is 8.42 Å². The van der Waals surface area contributed by atoms with Crippen LogP contribution in [0.2, 0.25) is 0 Å². The highest BCUT2D eigenvalue weighted by molar-refractivity contribution is 7.92. The summed E-state index contributed by atoms with van der Waals surface area (Å²) in [6.07, 6.45) is 2.82. The molecule has 30 heavy (non-hydrogen) atoms. The molecule has 0 heterocycles. The van der Waals surface area contributed by atoms with Crippen molar-refractivity contribution >= 4 is 21.6 Å². The first kappa shape index (κ1) is 23.7. The minimum atomic E-state index is -3.60. The Morgan fingerprint density at radius 2 is 1.63 bits per heavy atom. The summed E-state index contributed by atoms with van der Waals surface area (Å²) >= 11 is 0. The SMILES string of the molecule is Cc1ccc(N([C@H](C)C(=O)NCCCc2ccc(OC(C)C)cc2)S(C)(=O)=O)cc1. The Bertz CT molecular complexity index is 923. The Morgan fingerprint density at radius 1 is 1.03 bits per heavy atom. The van der Waals surface area contributed by atoms with Crippen LogP contribution in [-0.4, -0.2) is 39.3 Å². The molecule has 0 saturated carbocycles. The molecule has 0 aromatic heterocycles. The zero-order valence-electron chi connectivity index (χ0n) is 18.4. The Morgan fingerprint density at radius 3 is 2.17 bits per heavy atom. The monoisotopic (exact) mass is 432 g/mol. The second-order valence-corrected chi connectivity index (χ2v) is 9.63. The number of carbonyl (C=O) groups excluding carboxylic acids is 1. The van der Waals surface area contributed by atoms with Crippen molar-refractivity contribution in [2.24, 2.45) is 0 Å². The van der Waals surface area contributed by atoms with Gasteiger partial charge in [0.2, 0.25) is 15.9 Å². The van der Waals surface area contributed by atoms with Crippen LogP contribution in [0.1, 0.15) is 38.3 Å². The number of amides is 1. The molecule has 2 aromatic rings. The third kappa shape index (κ3) is 7.06. The van der Waals surface area contributed by atoms with E-state index in [0.29, 0.717) is 12.2 Å². The maximum absolute atomic E-state index is 12.6. The second kappa shape index (κ2) is 10.5. The van der Waals surface area contributed by atoms with Gasteiger partial charge in [0, 0.05) is 6.54 Å². The summed E-state index contributed by atoms with van der Waals surface area (Å²) in [7, 11) is -3.60. The van der Waals surface area contributed by atoms with E-state index in [1.165, 1.54) is 0 Å². The lowest BCUT2D eigenvalue weighted by Gasteiger charge is -2.28. The van der Waals surface area contributed by atoms with Gasteiger partial charge in [-0.3, -0.25) is 9.10 Å². The molecule has 7 heteroatoms. The van der Waals surface area contributed by atoms with Crippen molar-refractivity contribution in [3.05, 3.63) is 59.7 Å². The Balaban J connectivity index is 1.90. The van der Waals surface area contributed by atoms with E-state index >= 15 is 0 Å². The minimum Gasteiger partial charge on any atom is -0.491 e. The number of rotatable bonds is 10. The van der Waals surface area contributed by atoms with Crippen LogP contribution in [0.15, 0.2) is 48.5 Å². The number of hydrogen-bond donors (Lipinski definition) is 1. The Hall–Kier alpha value is -2.54. The second-order valence-electron chi connectivity index (χ2n) is 7.78. The van der Waals surface area contributed by atoms with E-state index in [0.717, 1.165) is 40.3 Å². The molecule has 0 bridgehead atoms. The fourth-order valence-corrected chi connectivity index (χ4v) is 4.33. The van der Waals surface area contributed by atoms with Gasteiger partial charge in [-0.15, -0.1) is 0 Å². The first-order valence-electron chi connectivity index (χ1n) is 10.2. The fourth-order valence-electron chi connectivity index (χ4n) is 3.16. The molecule has 0 saturated heterocycles. The van der Waals surface area contributed by atoms with E-state index in [4.69, 9.17) is 4.74 Å². The number of anilines is 1. The normalized spacial score (nSPS) is 12.5. The third-order valence-electron chi connectivity index (χ3n) is 4.61. The molecule has 0 aliphatic carbocycles. The number of hydrogen-bond acceptors (Lipinski definition) is 4. The van der Waals surface area contributed by atoms with Gasteiger partial charge in [-0.2, -0.15) is 0 Å². The van der Waals surface area contributed by atoms with Crippen molar-refractivity contribution in [1.29, 1.82) is 0 Å². The maximum Gasteiger partial charge on any atom is 0.243 e. The molecular formula is C23H32N2O4S. The summed E-state index contributed by atoms with van der Waals surface area (Å²) < 4.78 is 31.4. The smallest absolute Gasteiger partial charge is 0.243 e. The summed E-state index contributed by atoms with van der Waals surface area (Å²) in [6, 6.07) is 14.2. The average Bonchev–Trinajstić information content (AvgIpc) is 2.66. The molecule has 164 valence electrons. The molecule has 0 spiro atoms. The lowest BCUT2D eigenvalue weighted by atomic mass is 10.1. The first-order chi connectivity index (χ1) is 14.1. The average molecular weight is 433 g/mol. The number of aryl methyl sites for hydroxylation is 2. The van der Waals surface area contributed by atoms with Crippen molar-refractivity contribution in [3.8, 4) is 5.75 Å². The number of carbonyl (C=O) groups is 1. The largest absolute Gasteiger partial charge is 0.491 e. The summed E-state index contributed by atoms with van der Waals surface area (Å²) in [6.45, 7) is 7.97. The van der Waals surface area contributed by atoms with Crippen molar-refractivity contribution in [1.82, 2.24) is 5.32 Å². The molecule has 1 amide bonds. The number of nitrogens with one attached hydrogen (secondary N) is 1. The molecule has 2 aromatic carbocycles. The summed E-state index contributed by atoms with van der Waals surface area (Å²) in [4.78, 5) is 12.6. The number of benzene rings is 2. The predicted molar refractivity (Wildman–Crippen MR) is 122 cm³/mol. The molecule has 6 nitrogen and oxygen atoms in total. The van der Waals surface area contributed by atoms with Crippen molar-refractivity contribution < 1.29 is 17.9 Å². The van der Waals surface area contributed by atoms with Gasteiger partial charge in [0.25, 0.3) is 0 Å². The highest BCUT2D eigenvalue weighted by Crippen LogP contribution is 2.21. The van der Waals surface area contributed by atoms with Crippen molar-refractivity contribution in [3.63, 3.8) is 0 Å². The van der Waals surface area contributed by atoms with Crippen LogP contribution < -0.4 is 14.4 Å². The molecule has 1 N–H and O–H groups in total. The first-order valence-corrected chi connectivity index (χ1v) is 12.0. The van der Waals surface area contributed by atoms with Gasteiger partial charge in [-0.05, 0) is 70.4 Å². The molecule has 0 unspecified atom stereocenters. The van der Waals surface area contributed by atoms with E-state index < -0.39 is 16.1 Å². The van der Waals surface area contributed by atoms with E-state index in [2.05, 4.69) is 5.32 Å². The van der Waals surface area contributed by atoms with E-state index in [1.807, 2.05) is 57.2 Å². The highest BCUT2D eigenvalue weighted by Gasteiger charge is 2.28. The van der Waals surface area contributed by atoms with Crippen LogP contribution in [0, 0.1) is 6.92 Å². The summed E-state index contributed by atoms with van der Waals surface area (Å²) in [5, 5.41) is 2.85. The lowest BCUT2D eigenvalue weighted by Crippen LogP contribution is -2.48. The van der Waals surface area contributed by atoms with E-state index in [1.54, 1.807) is 19.1 Å². The molecule has 0 aliphatic rings. The van der Waals surface area contributed by atoms with Crippen molar-refractivity contribution in [2.45, 2.75) is 52.7 Å². The molecule has 1 atom stereocenters. The van der Waals surface area contributed by atoms with Crippen LogP contribution in [0.5, 0.6) is 5.75 Å². The molecule has 0 radical (unpaired) electrons. The van der Waals surface area contributed by atoms with Gasteiger partial charge < -0.3 is 10.1 Å². The molecular weight excluding hydrogens is 400 g/mol. The highest BCUT2D eigenvalue weighted by atomic mass is 32.2.